The maximum Gasteiger partial charge on any atom is 0.338 e. The van der Waals surface area contributed by atoms with Crippen LogP contribution in [-0.2, 0) is 16.6 Å². The van der Waals surface area contributed by atoms with E-state index in [0.29, 0.717) is 11.5 Å². The molecule has 2 rings (SSSR count). The Morgan fingerprint density at radius 2 is 2.14 bits per heavy atom. The first kappa shape index (κ1) is 15.1. The molecule has 0 bridgehead atoms. The van der Waals surface area contributed by atoms with Crippen molar-refractivity contribution in [2.45, 2.75) is 18.4 Å². The van der Waals surface area contributed by atoms with Gasteiger partial charge in [-0.15, -0.1) is 0 Å². The van der Waals surface area contributed by atoms with Crippen molar-refractivity contribution in [3.8, 4) is 0 Å². The van der Waals surface area contributed by atoms with Crippen LogP contribution < -0.4 is 4.72 Å². The number of carbonyl (C=O) groups is 1. The molecule has 0 spiro atoms. The predicted molar refractivity (Wildman–Crippen MR) is 68.6 cm³/mol. The molecule has 1 aromatic heterocycles. The highest BCUT2D eigenvalue weighted by Crippen LogP contribution is 2.15. The molecule has 0 aliphatic carbocycles. The zero-order valence-electron chi connectivity index (χ0n) is 10.8. The lowest BCUT2D eigenvalue weighted by atomic mass is 10.2. The summed E-state index contributed by atoms with van der Waals surface area (Å²) >= 11 is 0. The Balaban J connectivity index is 2.23. The summed E-state index contributed by atoms with van der Waals surface area (Å²) in [6.07, 6.45) is 0. The molecule has 0 unspecified atom stereocenters. The fourth-order valence-electron chi connectivity index (χ4n) is 1.59. The van der Waals surface area contributed by atoms with Gasteiger partial charge in [0, 0.05) is 6.07 Å². The number of hydrogen-bond acceptors (Lipinski definition) is 5. The number of nitrogens with one attached hydrogen (secondary N) is 1. The Hall–Kier alpha value is -2.26. The first-order chi connectivity index (χ1) is 9.79. The molecule has 2 N–H and O–H groups in total. The van der Waals surface area contributed by atoms with Crippen molar-refractivity contribution in [2.24, 2.45) is 0 Å². The minimum absolute atomic E-state index is 0.126. The Morgan fingerprint density at radius 3 is 2.71 bits per heavy atom. The Morgan fingerprint density at radius 1 is 1.43 bits per heavy atom. The van der Waals surface area contributed by atoms with Gasteiger partial charge >= 0.3 is 5.97 Å². The smallest absolute Gasteiger partial charge is 0.338 e. The molecule has 0 amide bonds. The van der Waals surface area contributed by atoms with Gasteiger partial charge in [-0.25, -0.2) is 22.3 Å². The monoisotopic (exact) mass is 314 g/mol. The SMILES string of the molecule is Cc1cc(CNS(=O)(=O)c2ccc(F)c(C(=O)O)c2)no1. The van der Waals surface area contributed by atoms with Gasteiger partial charge in [-0.2, -0.15) is 0 Å². The minimum Gasteiger partial charge on any atom is -0.478 e. The summed E-state index contributed by atoms with van der Waals surface area (Å²) in [5.74, 6) is -2.02. The van der Waals surface area contributed by atoms with E-state index in [2.05, 4.69) is 9.88 Å². The largest absolute Gasteiger partial charge is 0.478 e. The first-order valence-electron chi connectivity index (χ1n) is 5.74. The van der Waals surface area contributed by atoms with Gasteiger partial charge in [0.2, 0.25) is 10.0 Å². The van der Waals surface area contributed by atoms with Gasteiger partial charge in [-0.05, 0) is 25.1 Å². The minimum atomic E-state index is -3.98. The van der Waals surface area contributed by atoms with Crippen molar-refractivity contribution in [1.29, 1.82) is 0 Å². The summed E-state index contributed by atoms with van der Waals surface area (Å²) in [5.41, 5.74) is -0.341. The third-order valence-corrected chi connectivity index (χ3v) is 4.00. The highest BCUT2D eigenvalue weighted by atomic mass is 32.2. The molecule has 0 saturated heterocycles. The van der Waals surface area contributed by atoms with Gasteiger partial charge in [0.05, 0.1) is 22.7 Å². The van der Waals surface area contributed by atoms with Gasteiger partial charge in [0.1, 0.15) is 11.6 Å². The molecule has 0 radical (unpaired) electrons. The topological polar surface area (TPSA) is 110 Å². The molecule has 9 heteroatoms. The van der Waals surface area contributed by atoms with Gasteiger partial charge < -0.3 is 9.63 Å². The number of nitrogens with zero attached hydrogens (tertiary/aromatic N) is 1. The van der Waals surface area contributed by atoms with Gasteiger partial charge in [-0.3, -0.25) is 0 Å². The van der Waals surface area contributed by atoms with E-state index in [0.717, 1.165) is 18.2 Å². The highest BCUT2D eigenvalue weighted by Gasteiger charge is 2.19. The molecule has 0 aliphatic heterocycles. The van der Waals surface area contributed by atoms with Crippen LogP contribution in [0.4, 0.5) is 4.39 Å². The third-order valence-electron chi connectivity index (χ3n) is 2.60. The fraction of sp³-hybridized carbons (Fsp3) is 0.167. The number of hydrogen-bond donors (Lipinski definition) is 2. The zero-order valence-corrected chi connectivity index (χ0v) is 11.6. The molecule has 1 heterocycles. The van der Waals surface area contributed by atoms with Crippen LogP contribution in [0.1, 0.15) is 21.8 Å². The van der Waals surface area contributed by atoms with Crippen LogP contribution in [0.2, 0.25) is 0 Å². The van der Waals surface area contributed by atoms with Crippen molar-refractivity contribution < 1.29 is 27.2 Å². The average Bonchev–Trinajstić information content (AvgIpc) is 2.82. The lowest BCUT2D eigenvalue weighted by Gasteiger charge is -2.06. The normalized spacial score (nSPS) is 11.5. The number of benzene rings is 1. The van der Waals surface area contributed by atoms with E-state index < -0.39 is 27.4 Å². The van der Waals surface area contributed by atoms with E-state index in [4.69, 9.17) is 9.63 Å². The fourth-order valence-corrected chi connectivity index (χ4v) is 2.61. The van der Waals surface area contributed by atoms with Crippen LogP contribution in [0, 0.1) is 12.7 Å². The predicted octanol–water partition coefficient (Wildman–Crippen LogP) is 1.30. The van der Waals surface area contributed by atoms with Crippen molar-refractivity contribution in [3.05, 3.63) is 47.1 Å². The summed E-state index contributed by atoms with van der Waals surface area (Å²) < 4.78 is 44.3. The van der Waals surface area contributed by atoms with Crippen LogP contribution in [0.25, 0.3) is 0 Å². The number of sulfonamides is 1. The van der Waals surface area contributed by atoms with Crippen LogP contribution in [0.5, 0.6) is 0 Å². The second kappa shape index (κ2) is 5.62. The van der Waals surface area contributed by atoms with Gasteiger partial charge in [-0.1, -0.05) is 5.16 Å². The molecule has 0 aliphatic rings. The van der Waals surface area contributed by atoms with Crippen LogP contribution >= 0.6 is 0 Å². The van der Waals surface area contributed by atoms with Crippen molar-refractivity contribution in [1.82, 2.24) is 9.88 Å². The van der Waals surface area contributed by atoms with E-state index in [1.54, 1.807) is 13.0 Å². The molecule has 7 nitrogen and oxygen atoms in total. The molecule has 112 valence electrons. The second-order valence-corrected chi connectivity index (χ2v) is 5.97. The first-order valence-corrected chi connectivity index (χ1v) is 7.22. The van der Waals surface area contributed by atoms with Crippen molar-refractivity contribution in [3.63, 3.8) is 0 Å². The molecular formula is C12H11FN2O5S. The summed E-state index contributed by atoms with van der Waals surface area (Å²) in [6, 6.07) is 4.08. The number of aryl methyl sites for hydroxylation is 1. The summed E-state index contributed by atoms with van der Waals surface area (Å²) in [5, 5.41) is 12.4. The lowest BCUT2D eigenvalue weighted by Crippen LogP contribution is -2.23. The number of carboxylic acids is 1. The van der Waals surface area contributed by atoms with E-state index in [1.807, 2.05) is 0 Å². The molecule has 0 fully saturated rings. The van der Waals surface area contributed by atoms with E-state index in [9.17, 15) is 17.6 Å². The van der Waals surface area contributed by atoms with Gasteiger partial charge in [0.15, 0.2) is 0 Å². The van der Waals surface area contributed by atoms with E-state index in [1.165, 1.54) is 0 Å². The molecule has 1 aromatic carbocycles. The van der Waals surface area contributed by atoms with Crippen molar-refractivity contribution >= 4 is 16.0 Å². The Bertz CT molecular complexity index is 785. The number of carboxylic acid groups (broad SMARTS) is 1. The molecule has 2 aromatic rings. The summed E-state index contributed by atoms with van der Waals surface area (Å²) in [6.45, 7) is 1.53. The third kappa shape index (κ3) is 3.44. The zero-order chi connectivity index (χ0) is 15.6. The van der Waals surface area contributed by atoms with Gasteiger partial charge in [0.25, 0.3) is 0 Å². The number of halogens is 1. The summed E-state index contributed by atoms with van der Waals surface area (Å²) in [7, 11) is -3.98. The molecule has 0 saturated carbocycles. The molecule has 0 atom stereocenters. The molecule has 21 heavy (non-hydrogen) atoms. The van der Waals surface area contributed by atoms with E-state index in [-0.39, 0.29) is 11.4 Å². The summed E-state index contributed by atoms with van der Waals surface area (Å²) in [4.78, 5) is 10.5. The maximum atomic E-state index is 13.2. The number of aromatic nitrogens is 1. The number of aromatic carboxylic acids is 1. The average molecular weight is 314 g/mol. The van der Waals surface area contributed by atoms with Crippen molar-refractivity contribution in [2.75, 3.05) is 0 Å². The molecular weight excluding hydrogens is 303 g/mol. The standard InChI is InChI=1S/C12H11FN2O5S/c1-7-4-8(15-20-7)6-14-21(18,19)9-2-3-11(13)10(5-9)12(16)17/h2-5,14H,6H2,1H3,(H,16,17). The van der Waals surface area contributed by atoms with Crippen LogP contribution in [0.15, 0.2) is 33.7 Å². The maximum absolute atomic E-state index is 13.2. The van der Waals surface area contributed by atoms with Crippen LogP contribution in [-0.4, -0.2) is 24.7 Å². The Kier molecular flexibility index (Phi) is 4.05. The quantitative estimate of drug-likeness (QED) is 0.861. The Labute approximate surface area is 119 Å². The van der Waals surface area contributed by atoms with E-state index >= 15 is 0 Å². The lowest BCUT2D eigenvalue weighted by molar-refractivity contribution is 0.0691. The van der Waals surface area contributed by atoms with Crippen LogP contribution in [0.3, 0.4) is 0 Å². The number of rotatable bonds is 5. The highest BCUT2D eigenvalue weighted by molar-refractivity contribution is 7.89. The second-order valence-electron chi connectivity index (χ2n) is 4.20.